The summed E-state index contributed by atoms with van der Waals surface area (Å²) in [5.41, 5.74) is 2.22. The van der Waals surface area contributed by atoms with Gasteiger partial charge in [0, 0.05) is 21.0 Å². The molecule has 0 saturated heterocycles. The molecule has 5 aromatic rings. The van der Waals surface area contributed by atoms with Crippen LogP contribution in [-0.2, 0) is 16.6 Å². The van der Waals surface area contributed by atoms with Crippen molar-refractivity contribution in [2.24, 2.45) is 0 Å². The molecular weight excluding hydrogens is 533 g/mol. The van der Waals surface area contributed by atoms with Crippen molar-refractivity contribution in [3.8, 4) is 16.9 Å². The van der Waals surface area contributed by atoms with Gasteiger partial charge < -0.3 is 9.84 Å². The van der Waals surface area contributed by atoms with Crippen LogP contribution in [0, 0.1) is 0 Å². The molecule has 0 radical (unpaired) electrons. The van der Waals surface area contributed by atoms with E-state index in [9.17, 15) is 18.3 Å². The van der Waals surface area contributed by atoms with E-state index < -0.39 is 16.0 Å². The van der Waals surface area contributed by atoms with Gasteiger partial charge in [-0.25, -0.2) is 17.2 Å². The number of nitrogens with zero attached hydrogens (tertiary/aromatic N) is 1. The average Bonchev–Trinajstić information content (AvgIpc) is 3.29. The van der Waals surface area contributed by atoms with Crippen LogP contribution >= 0.6 is 23.2 Å². The maximum absolute atomic E-state index is 13.6. The molecule has 0 amide bonds. The topological polar surface area (TPSA) is 85.6 Å². The summed E-state index contributed by atoms with van der Waals surface area (Å²) in [6.45, 7) is 0.0859. The molecule has 1 aromatic heterocycles. The van der Waals surface area contributed by atoms with Gasteiger partial charge in [0.1, 0.15) is 18.1 Å². The van der Waals surface area contributed by atoms with Crippen LogP contribution in [0.25, 0.3) is 22.0 Å². The van der Waals surface area contributed by atoms with Crippen LogP contribution in [0.2, 0.25) is 10.0 Å². The summed E-state index contributed by atoms with van der Waals surface area (Å²) in [7, 11) is -4.22. The second-order valence-corrected chi connectivity index (χ2v) is 10.8. The van der Waals surface area contributed by atoms with Crippen molar-refractivity contribution in [2.45, 2.75) is 11.5 Å². The number of benzene rings is 4. The first-order chi connectivity index (χ1) is 17.8. The van der Waals surface area contributed by atoms with E-state index >= 15 is 0 Å². The first kappa shape index (κ1) is 24.9. The number of ether oxygens (including phenoxy) is 1. The van der Waals surface area contributed by atoms with Crippen molar-refractivity contribution in [1.29, 1.82) is 0 Å². The van der Waals surface area contributed by atoms with E-state index in [1.54, 1.807) is 42.5 Å². The van der Waals surface area contributed by atoms with E-state index in [1.807, 2.05) is 30.3 Å². The molecule has 5 rings (SSSR count). The molecule has 0 bridgehead atoms. The van der Waals surface area contributed by atoms with Gasteiger partial charge >= 0.3 is 5.97 Å². The Labute approximate surface area is 223 Å². The maximum atomic E-state index is 13.6. The van der Waals surface area contributed by atoms with Gasteiger partial charge in [-0.15, -0.1) is 0 Å². The van der Waals surface area contributed by atoms with Gasteiger partial charge in [-0.1, -0.05) is 71.7 Å². The van der Waals surface area contributed by atoms with Crippen molar-refractivity contribution in [1.82, 2.24) is 3.97 Å². The van der Waals surface area contributed by atoms with Crippen LogP contribution in [0.5, 0.6) is 5.75 Å². The third-order valence-electron chi connectivity index (χ3n) is 5.89. The highest BCUT2D eigenvalue weighted by Crippen LogP contribution is 2.31. The minimum Gasteiger partial charge on any atom is -0.489 e. The van der Waals surface area contributed by atoms with Crippen molar-refractivity contribution in [3.05, 3.63) is 118 Å². The summed E-state index contributed by atoms with van der Waals surface area (Å²) in [5, 5.41) is 11.1. The predicted molar refractivity (Wildman–Crippen MR) is 144 cm³/mol. The number of halogens is 2. The fraction of sp³-hybridized carbons (Fsp3) is 0.0357. The second kappa shape index (κ2) is 9.94. The third-order valence-corrected chi connectivity index (χ3v) is 8.34. The number of fused-ring (bicyclic) bond motifs is 1. The minimum absolute atomic E-state index is 0.0270. The van der Waals surface area contributed by atoms with Gasteiger partial charge in [0.2, 0.25) is 0 Å². The van der Waals surface area contributed by atoms with Gasteiger partial charge in [-0.2, -0.15) is 0 Å². The van der Waals surface area contributed by atoms with Crippen LogP contribution in [0.4, 0.5) is 0 Å². The second-order valence-electron chi connectivity index (χ2n) is 8.20. The Morgan fingerprint density at radius 1 is 0.811 bits per heavy atom. The Hall–Kier alpha value is -3.78. The summed E-state index contributed by atoms with van der Waals surface area (Å²) in [4.78, 5) is 12.0. The highest BCUT2D eigenvalue weighted by Gasteiger charge is 2.26. The molecule has 0 aliphatic rings. The molecule has 4 aromatic carbocycles. The largest absolute Gasteiger partial charge is 0.489 e. The Balaban J connectivity index is 1.51. The van der Waals surface area contributed by atoms with Crippen LogP contribution in [0.1, 0.15) is 16.1 Å². The van der Waals surface area contributed by atoms with E-state index in [0.29, 0.717) is 26.7 Å². The fourth-order valence-electron chi connectivity index (χ4n) is 4.05. The van der Waals surface area contributed by atoms with E-state index in [4.69, 9.17) is 27.9 Å². The van der Waals surface area contributed by atoms with E-state index in [2.05, 4.69) is 0 Å². The standard InChI is InChI=1S/C28H19Cl2NO5S/c29-24-7-4-8-25(30)23(24)17-36-21-11-14-26-20(15-21)16-27(28(32)33)31(26)37(34,35)22-12-9-19(10-13-22)18-5-2-1-3-6-18/h1-16H,17H2,(H,32,33). The molecule has 1 heterocycles. The summed E-state index contributed by atoms with van der Waals surface area (Å²) in [5.74, 6) is -0.965. The first-order valence-corrected chi connectivity index (χ1v) is 13.3. The number of aromatic carboxylic acids is 1. The highest BCUT2D eigenvalue weighted by atomic mass is 35.5. The third kappa shape index (κ3) is 4.81. The zero-order valence-electron chi connectivity index (χ0n) is 19.1. The number of hydrogen-bond acceptors (Lipinski definition) is 4. The number of carboxylic acid groups (broad SMARTS) is 1. The molecule has 1 N–H and O–H groups in total. The van der Waals surface area contributed by atoms with Gasteiger partial charge in [0.05, 0.1) is 10.4 Å². The molecule has 37 heavy (non-hydrogen) atoms. The predicted octanol–water partition coefficient (Wildman–Crippen LogP) is 7.13. The molecule has 0 aliphatic heterocycles. The lowest BCUT2D eigenvalue weighted by molar-refractivity contribution is 0.0689. The molecule has 0 atom stereocenters. The van der Waals surface area contributed by atoms with Crippen molar-refractivity contribution in [3.63, 3.8) is 0 Å². The normalized spacial score (nSPS) is 11.5. The monoisotopic (exact) mass is 551 g/mol. The quantitative estimate of drug-likeness (QED) is 0.232. The minimum atomic E-state index is -4.22. The van der Waals surface area contributed by atoms with Crippen LogP contribution in [0.3, 0.4) is 0 Å². The Morgan fingerprint density at radius 2 is 1.46 bits per heavy atom. The molecule has 0 fully saturated rings. The number of aromatic nitrogens is 1. The lowest BCUT2D eigenvalue weighted by Crippen LogP contribution is -2.18. The average molecular weight is 552 g/mol. The van der Waals surface area contributed by atoms with E-state index in [0.717, 1.165) is 15.1 Å². The van der Waals surface area contributed by atoms with Gasteiger partial charge in [0.25, 0.3) is 10.0 Å². The Kier molecular flexibility index (Phi) is 6.69. The summed E-state index contributed by atoms with van der Waals surface area (Å²) in [6.07, 6.45) is 0. The SMILES string of the molecule is O=C(O)c1cc2cc(OCc3c(Cl)cccc3Cl)ccc2n1S(=O)(=O)c1ccc(-c2ccccc2)cc1. The van der Waals surface area contributed by atoms with Crippen LogP contribution < -0.4 is 4.74 Å². The number of carboxylic acids is 1. The molecule has 0 spiro atoms. The van der Waals surface area contributed by atoms with Crippen molar-refractivity contribution in [2.75, 3.05) is 0 Å². The Bertz CT molecular complexity index is 1710. The summed E-state index contributed by atoms with van der Waals surface area (Å²) >= 11 is 12.4. The number of hydrogen-bond donors (Lipinski definition) is 1. The van der Waals surface area contributed by atoms with Crippen LogP contribution in [-0.4, -0.2) is 23.5 Å². The fourth-order valence-corrected chi connectivity index (χ4v) is 6.06. The lowest BCUT2D eigenvalue weighted by atomic mass is 10.1. The molecule has 9 heteroatoms. The van der Waals surface area contributed by atoms with Gasteiger partial charge in [-0.3, -0.25) is 0 Å². The zero-order valence-corrected chi connectivity index (χ0v) is 21.5. The smallest absolute Gasteiger partial charge is 0.353 e. The summed E-state index contributed by atoms with van der Waals surface area (Å²) in [6, 6.07) is 27.0. The molecular formula is C28H19Cl2NO5S. The number of rotatable bonds is 7. The van der Waals surface area contributed by atoms with E-state index in [1.165, 1.54) is 24.3 Å². The van der Waals surface area contributed by atoms with E-state index in [-0.39, 0.29) is 22.7 Å². The van der Waals surface area contributed by atoms with Gasteiger partial charge in [-0.05, 0) is 59.7 Å². The lowest BCUT2D eigenvalue weighted by Gasteiger charge is -2.12. The summed E-state index contributed by atoms with van der Waals surface area (Å²) < 4.78 is 33.8. The van der Waals surface area contributed by atoms with Crippen molar-refractivity contribution < 1.29 is 23.1 Å². The Morgan fingerprint density at radius 3 is 2.11 bits per heavy atom. The zero-order chi connectivity index (χ0) is 26.2. The van der Waals surface area contributed by atoms with Gasteiger partial charge in [0.15, 0.2) is 0 Å². The highest BCUT2D eigenvalue weighted by molar-refractivity contribution is 7.90. The molecule has 6 nitrogen and oxygen atoms in total. The molecule has 186 valence electrons. The number of carbonyl (C=O) groups is 1. The molecule has 0 aliphatic carbocycles. The maximum Gasteiger partial charge on any atom is 0.353 e. The van der Waals surface area contributed by atoms with Crippen LogP contribution in [0.15, 0.2) is 102 Å². The molecule has 0 saturated carbocycles. The van der Waals surface area contributed by atoms with Crippen molar-refractivity contribution >= 4 is 50.1 Å². The molecule has 0 unspecified atom stereocenters. The first-order valence-electron chi connectivity index (χ1n) is 11.1.